The fourth-order valence-electron chi connectivity index (χ4n) is 4.62. The normalized spacial score (nSPS) is 21.7. The van der Waals surface area contributed by atoms with Gasteiger partial charge in [0.1, 0.15) is 5.00 Å². The Balaban J connectivity index is 1.55. The highest BCUT2D eigenvalue weighted by Gasteiger charge is 2.31. The Labute approximate surface area is 193 Å². The van der Waals surface area contributed by atoms with Gasteiger partial charge in [-0.1, -0.05) is 13.3 Å². The van der Waals surface area contributed by atoms with Crippen molar-refractivity contribution in [3.63, 3.8) is 0 Å². The summed E-state index contributed by atoms with van der Waals surface area (Å²) in [6, 6.07) is 5.94. The molecule has 1 saturated heterocycles. The lowest BCUT2D eigenvalue weighted by Crippen LogP contribution is -2.41. The van der Waals surface area contributed by atoms with Gasteiger partial charge in [0.05, 0.1) is 10.5 Å². The van der Waals surface area contributed by atoms with Crippen molar-refractivity contribution in [2.75, 3.05) is 11.9 Å². The smallest absolute Gasteiger partial charge is 0.256 e. The third kappa shape index (κ3) is 4.33. The Morgan fingerprint density at radius 2 is 1.84 bits per heavy atom. The Kier molecular flexibility index (Phi) is 6.42. The fraction of sp³-hybridized carbons (Fsp3) is 0.478. The Morgan fingerprint density at radius 1 is 1.12 bits per heavy atom. The molecule has 2 amide bonds. The Bertz CT molecular complexity index is 1140. The van der Waals surface area contributed by atoms with E-state index in [0.717, 1.165) is 49.0 Å². The number of rotatable bonds is 5. The van der Waals surface area contributed by atoms with E-state index in [1.807, 2.05) is 6.92 Å². The summed E-state index contributed by atoms with van der Waals surface area (Å²) in [7, 11) is -3.60. The number of nitrogens with two attached hydrogens (primary N) is 1. The molecule has 1 fully saturated rings. The molecule has 1 aromatic carbocycles. The minimum atomic E-state index is -3.60. The minimum Gasteiger partial charge on any atom is -0.365 e. The van der Waals surface area contributed by atoms with Gasteiger partial charge in [0.15, 0.2) is 0 Å². The van der Waals surface area contributed by atoms with Crippen molar-refractivity contribution in [1.29, 1.82) is 0 Å². The number of nitrogens with one attached hydrogen (secondary N) is 1. The maximum absolute atomic E-state index is 13.0. The number of carbonyl (C=O) groups excluding carboxylic acids is 2. The number of amides is 2. The summed E-state index contributed by atoms with van der Waals surface area (Å²) >= 11 is 1.41. The molecule has 1 aliphatic carbocycles. The second-order valence-electron chi connectivity index (χ2n) is 8.86. The molecule has 0 spiro atoms. The van der Waals surface area contributed by atoms with Crippen LogP contribution in [0.4, 0.5) is 5.00 Å². The van der Waals surface area contributed by atoms with E-state index in [-0.39, 0.29) is 10.9 Å². The average Bonchev–Trinajstić information content (AvgIpc) is 3.11. The lowest BCUT2D eigenvalue weighted by atomic mass is 9.88. The summed E-state index contributed by atoms with van der Waals surface area (Å²) < 4.78 is 27.6. The summed E-state index contributed by atoms with van der Waals surface area (Å²) in [6.45, 7) is 4.62. The SMILES string of the molecule is C[C@@H]1CCc2c(sc(NC(=O)c3ccc(S(=O)(=O)N4CCCC[C@H]4C)cc3)c2C(N)=O)C1. The predicted octanol–water partition coefficient (Wildman–Crippen LogP) is 3.79. The summed E-state index contributed by atoms with van der Waals surface area (Å²) in [5, 5.41) is 3.30. The molecule has 4 rings (SSSR count). The van der Waals surface area contributed by atoms with Crippen molar-refractivity contribution in [2.45, 2.75) is 63.3 Å². The van der Waals surface area contributed by atoms with Gasteiger partial charge in [-0.2, -0.15) is 4.31 Å². The largest absolute Gasteiger partial charge is 0.365 e. The first-order chi connectivity index (χ1) is 15.2. The van der Waals surface area contributed by atoms with Gasteiger partial charge in [0, 0.05) is 23.0 Å². The molecule has 7 nitrogen and oxygen atoms in total. The second-order valence-corrected chi connectivity index (χ2v) is 11.9. The summed E-state index contributed by atoms with van der Waals surface area (Å²) in [6.07, 6.45) is 5.38. The number of anilines is 1. The summed E-state index contributed by atoms with van der Waals surface area (Å²) in [5.41, 5.74) is 7.31. The lowest BCUT2D eigenvalue weighted by molar-refractivity contribution is 0.1000. The topological polar surface area (TPSA) is 110 Å². The highest BCUT2D eigenvalue weighted by Crippen LogP contribution is 2.39. The number of carbonyl (C=O) groups is 2. The van der Waals surface area contributed by atoms with Crippen molar-refractivity contribution in [2.24, 2.45) is 11.7 Å². The van der Waals surface area contributed by atoms with Crippen LogP contribution in [0.5, 0.6) is 0 Å². The number of primary amides is 1. The maximum Gasteiger partial charge on any atom is 0.256 e. The number of nitrogens with zero attached hydrogens (tertiary/aromatic N) is 1. The summed E-state index contributed by atoms with van der Waals surface area (Å²) in [4.78, 5) is 26.2. The zero-order valence-electron chi connectivity index (χ0n) is 18.4. The molecule has 3 N–H and O–H groups in total. The van der Waals surface area contributed by atoms with Crippen LogP contribution in [-0.2, 0) is 22.9 Å². The van der Waals surface area contributed by atoms with Crippen LogP contribution in [0, 0.1) is 5.92 Å². The Hall–Kier alpha value is -2.23. The fourth-order valence-corrected chi connectivity index (χ4v) is 7.73. The molecule has 172 valence electrons. The van der Waals surface area contributed by atoms with Crippen LogP contribution in [0.15, 0.2) is 29.2 Å². The van der Waals surface area contributed by atoms with Crippen LogP contribution in [0.2, 0.25) is 0 Å². The number of sulfonamides is 1. The van der Waals surface area contributed by atoms with Gasteiger partial charge >= 0.3 is 0 Å². The van der Waals surface area contributed by atoms with E-state index < -0.39 is 21.8 Å². The van der Waals surface area contributed by atoms with Gasteiger partial charge in [0.25, 0.3) is 11.8 Å². The zero-order chi connectivity index (χ0) is 23.0. The first-order valence-corrected chi connectivity index (χ1v) is 13.3. The van der Waals surface area contributed by atoms with Gasteiger partial charge in [-0.3, -0.25) is 9.59 Å². The molecule has 1 aromatic heterocycles. The van der Waals surface area contributed by atoms with E-state index in [1.165, 1.54) is 35.6 Å². The second kappa shape index (κ2) is 8.96. The van der Waals surface area contributed by atoms with Gasteiger partial charge in [-0.05, 0) is 74.8 Å². The number of fused-ring (bicyclic) bond motifs is 1. The van der Waals surface area contributed by atoms with Gasteiger partial charge in [0.2, 0.25) is 10.0 Å². The number of hydrogen-bond acceptors (Lipinski definition) is 5. The van der Waals surface area contributed by atoms with E-state index in [0.29, 0.717) is 28.6 Å². The molecule has 2 aliphatic rings. The minimum absolute atomic E-state index is 0.0310. The molecule has 0 saturated carbocycles. The van der Waals surface area contributed by atoms with Crippen LogP contribution in [0.3, 0.4) is 0 Å². The highest BCUT2D eigenvalue weighted by molar-refractivity contribution is 7.89. The molecule has 32 heavy (non-hydrogen) atoms. The van der Waals surface area contributed by atoms with E-state index in [9.17, 15) is 18.0 Å². The summed E-state index contributed by atoms with van der Waals surface area (Å²) in [5.74, 6) is -0.401. The number of hydrogen-bond donors (Lipinski definition) is 2. The molecule has 2 heterocycles. The van der Waals surface area contributed by atoms with Gasteiger partial charge in [-0.25, -0.2) is 8.42 Å². The first-order valence-electron chi connectivity index (χ1n) is 11.1. The number of benzene rings is 1. The average molecular weight is 476 g/mol. The van der Waals surface area contributed by atoms with E-state index in [1.54, 1.807) is 4.31 Å². The van der Waals surface area contributed by atoms with Crippen molar-refractivity contribution in [3.8, 4) is 0 Å². The molecule has 2 atom stereocenters. The highest BCUT2D eigenvalue weighted by atomic mass is 32.2. The first kappa shape index (κ1) is 22.9. The van der Waals surface area contributed by atoms with Gasteiger partial charge < -0.3 is 11.1 Å². The van der Waals surface area contributed by atoms with Crippen LogP contribution in [-0.4, -0.2) is 37.1 Å². The lowest BCUT2D eigenvalue weighted by Gasteiger charge is -2.32. The predicted molar refractivity (Wildman–Crippen MR) is 126 cm³/mol. The van der Waals surface area contributed by atoms with Crippen LogP contribution in [0.25, 0.3) is 0 Å². The van der Waals surface area contributed by atoms with Crippen LogP contribution >= 0.6 is 11.3 Å². The standard InChI is InChI=1S/C23H29N3O4S2/c1-14-6-11-18-19(13-14)31-23(20(18)21(24)27)25-22(28)16-7-9-17(10-8-16)32(29,30)26-12-4-3-5-15(26)2/h7-10,14-15H,3-6,11-13H2,1-2H3,(H2,24,27)(H,25,28)/t14-,15-/m1/s1. The Morgan fingerprint density at radius 3 is 2.50 bits per heavy atom. The molecule has 0 radical (unpaired) electrons. The quantitative estimate of drug-likeness (QED) is 0.686. The van der Waals surface area contributed by atoms with E-state index in [2.05, 4.69) is 12.2 Å². The molecular weight excluding hydrogens is 446 g/mol. The number of piperidine rings is 1. The molecular formula is C23H29N3O4S2. The van der Waals surface area contributed by atoms with E-state index >= 15 is 0 Å². The third-order valence-corrected chi connectivity index (χ3v) is 9.65. The van der Waals surface area contributed by atoms with E-state index in [4.69, 9.17) is 5.73 Å². The zero-order valence-corrected chi connectivity index (χ0v) is 20.0. The van der Waals surface area contributed by atoms with Crippen molar-refractivity contribution in [1.82, 2.24) is 4.31 Å². The molecule has 2 aromatic rings. The third-order valence-electron chi connectivity index (χ3n) is 6.45. The van der Waals surface area contributed by atoms with Crippen molar-refractivity contribution in [3.05, 3.63) is 45.8 Å². The molecule has 0 unspecified atom stereocenters. The number of thiophene rings is 1. The van der Waals surface area contributed by atoms with Crippen LogP contribution in [0.1, 0.15) is 70.7 Å². The molecule has 0 bridgehead atoms. The monoisotopic (exact) mass is 475 g/mol. The molecule has 9 heteroatoms. The molecule has 1 aliphatic heterocycles. The van der Waals surface area contributed by atoms with Crippen molar-refractivity contribution < 1.29 is 18.0 Å². The maximum atomic E-state index is 13.0. The van der Waals surface area contributed by atoms with Crippen LogP contribution < -0.4 is 11.1 Å². The van der Waals surface area contributed by atoms with Crippen molar-refractivity contribution >= 4 is 38.2 Å². The van der Waals surface area contributed by atoms with Gasteiger partial charge in [-0.15, -0.1) is 11.3 Å².